The molecule has 2 aliphatic carbocycles. The van der Waals surface area contributed by atoms with Crippen molar-refractivity contribution in [1.82, 2.24) is 10.3 Å². The highest BCUT2D eigenvalue weighted by atomic mass is 32.2. The molecule has 1 saturated heterocycles. The number of nitrogens with one attached hydrogen (secondary N) is 1. The second-order valence-corrected chi connectivity index (χ2v) is 13.5. The molecule has 0 radical (unpaired) electrons. The van der Waals surface area contributed by atoms with Crippen LogP contribution in [0.1, 0.15) is 55.8 Å². The van der Waals surface area contributed by atoms with Crippen molar-refractivity contribution in [3.63, 3.8) is 0 Å². The Hall–Kier alpha value is -4.15. The first-order chi connectivity index (χ1) is 19.8. The number of hydrogen-bond acceptors (Lipinski definition) is 8. The largest absolute Gasteiger partial charge is 0.440 e. The Morgan fingerprint density at radius 2 is 1.68 bits per heavy atom. The van der Waals surface area contributed by atoms with Crippen molar-refractivity contribution in [1.29, 1.82) is 10.5 Å². The molecule has 9 nitrogen and oxygen atoms in total. The molecule has 2 atom stereocenters. The lowest BCUT2D eigenvalue weighted by molar-refractivity contribution is -0.127. The van der Waals surface area contributed by atoms with Crippen molar-refractivity contribution in [3.05, 3.63) is 59.9 Å². The summed E-state index contributed by atoms with van der Waals surface area (Å²) in [4.78, 5) is 20.6. The van der Waals surface area contributed by atoms with Crippen LogP contribution in [0.3, 0.4) is 0 Å². The maximum atomic E-state index is 13.6. The molecule has 6 rings (SSSR count). The van der Waals surface area contributed by atoms with E-state index in [0.29, 0.717) is 60.8 Å². The van der Waals surface area contributed by atoms with Gasteiger partial charge in [0.25, 0.3) is 0 Å². The molecule has 1 N–H and O–H groups in total. The fraction of sp³-hybridized carbons (Fsp3) is 0.419. The lowest BCUT2D eigenvalue weighted by atomic mass is 9.76. The molecule has 0 bridgehead atoms. The minimum absolute atomic E-state index is 0.0827. The molecule has 3 aromatic rings. The van der Waals surface area contributed by atoms with E-state index >= 15 is 0 Å². The second kappa shape index (κ2) is 10.7. The van der Waals surface area contributed by atoms with Crippen LogP contribution in [0.5, 0.6) is 0 Å². The average molecular weight is 570 g/mol. The van der Waals surface area contributed by atoms with Gasteiger partial charge < -0.3 is 14.6 Å². The van der Waals surface area contributed by atoms with Gasteiger partial charge in [-0.2, -0.15) is 10.5 Å². The van der Waals surface area contributed by atoms with E-state index in [1.165, 1.54) is 0 Å². The molecule has 3 aliphatic rings. The Morgan fingerprint density at radius 3 is 2.39 bits per heavy atom. The summed E-state index contributed by atoms with van der Waals surface area (Å²) in [5.41, 5.74) is 2.50. The molecule has 3 fully saturated rings. The van der Waals surface area contributed by atoms with E-state index in [9.17, 15) is 23.7 Å². The van der Waals surface area contributed by atoms with Crippen molar-refractivity contribution in [3.8, 4) is 34.8 Å². The quantitative estimate of drug-likeness (QED) is 0.456. The summed E-state index contributed by atoms with van der Waals surface area (Å²) in [5.74, 6) is 0.282. The van der Waals surface area contributed by atoms with E-state index in [4.69, 9.17) is 9.40 Å². The van der Waals surface area contributed by atoms with Gasteiger partial charge in [0.1, 0.15) is 17.0 Å². The Balaban J connectivity index is 1.46. The molecule has 1 aliphatic heterocycles. The number of carbonyl (C=O) groups excluding carboxylic acids is 1. The molecule has 2 saturated carbocycles. The Kier molecular flexibility index (Phi) is 7.04. The molecule has 2 heterocycles. The normalized spacial score (nSPS) is 22.7. The van der Waals surface area contributed by atoms with Crippen LogP contribution in [-0.2, 0) is 14.6 Å². The zero-order valence-electron chi connectivity index (χ0n) is 22.7. The number of amides is 1. The first-order valence-corrected chi connectivity index (χ1v) is 15.9. The van der Waals surface area contributed by atoms with E-state index in [-0.39, 0.29) is 29.2 Å². The summed E-state index contributed by atoms with van der Waals surface area (Å²) < 4.78 is 30.8. The van der Waals surface area contributed by atoms with Gasteiger partial charge in [0.2, 0.25) is 11.8 Å². The Labute approximate surface area is 239 Å². The van der Waals surface area contributed by atoms with E-state index < -0.39 is 15.4 Å². The number of nitriles is 2. The van der Waals surface area contributed by atoms with E-state index in [2.05, 4.69) is 22.4 Å². The first kappa shape index (κ1) is 27.0. The van der Waals surface area contributed by atoms with Gasteiger partial charge in [-0.3, -0.25) is 4.79 Å². The van der Waals surface area contributed by atoms with Gasteiger partial charge in [-0.1, -0.05) is 43.2 Å². The van der Waals surface area contributed by atoms with Gasteiger partial charge in [0, 0.05) is 36.2 Å². The highest BCUT2D eigenvalue weighted by Gasteiger charge is 2.47. The monoisotopic (exact) mass is 569 g/mol. The Morgan fingerprint density at radius 1 is 1.00 bits per heavy atom. The lowest BCUT2D eigenvalue weighted by Crippen LogP contribution is -2.42. The van der Waals surface area contributed by atoms with Crippen LogP contribution in [-0.4, -0.2) is 49.4 Å². The summed E-state index contributed by atoms with van der Waals surface area (Å²) in [6.45, 7) is 0.753. The number of benzene rings is 2. The molecule has 41 heavy (non-hydrogen) atoms. The van der Waals surface area contributed by atoms with Crippen LogP contribution in [0.25, 0.3) is 22.7 Å². The zero-order chi connectivity index (χ0) is 28.6. The van der Waals surface area contributed by atoms with Gasteiger partial charge in [0.15, 0.2) is 9.84 Å². The summed E-state index contributed by atoms with van der Waals surface area (Å²) in [6, 6.07) is 19.4. The fourth-order valence-corrected chi connectivity index (χ4v) is 7.24. The molecule has 210 valence electrons. The number of nitrogens with zero attached hydrogens (tertiary/aromatic N) is 4. The third-order valence-electron chi connectivity index (χ3n) is 8.54. The predicted octanol–water partition coefficient (Wildman–Crippen LogP) is 4.56. The van der Waals surface area contributed by atoms with Gasteiger partial charge >= 0.3 is 0 Å². The third kappa shape index (κ3) is 5.32. The van der Waals surface area contributed by atoms with Gasteiger partial charge in [-0.05, 0) is 43.9 Å². The first-order valence-electron chi connectivity index (χ1n) is 14.1. The van der Waals surface area contributed by atoms with Crippen molar-refractivity contribution in [2.45, 2.75) is 50.0 Å². The van der Waals surface area contributed by atoms with Gasteiger partial charge in [0.05, 0.1) is 34.8 Å². The van der Waals surface area contributed by atoms with E-state index in [0.717, 1.165) is 30.5 Å². The van der Waals surface area contributed by atoms with E-state index in [1.807, 2.05) is 30.3 Å². The SMILES string of the molecule is N#Cc1ccccc1-c1nc(-c2ccccc2N2CCS(=O)(=O)CC2)c([C@@H]2CCCC[C@H]2C(=O)NC2(C#N)CC2)o1. The van der Waals surface area contributed by atoms with Crippen molar-refractivity contribution in [2.75, 3.05) is 29.5 Å². The molecular formula is C31H31N5O4S. The topological polar surface area (TPSA) is 140 Å². The summed E-state index contributed by atoms with van der Waals surface area (Å²) in [6.07, 6.45) is 4.55. The molecule has 0 spiro atoms. The molecule has 0 unspecified atom stereocenters. The maximum Gasteiger partial charge on any atom is 0.228 e. The zero-order valence-corrected chi connectivity index (χ0v) is 23.5. The number of para-hydroxylation sites is 1. The number of sulfone groups is 1. The van der Waals surface area contributed by atoms with Crippen molar-refractivity contribution < 1.29 is 17.6 Å². The number of rotatable bonds is 6. The van der Waals surface area contributed by atoms with Crippen LogP contribution in [0, 0.1) is 28.6 Å². The molecule has 10 heteroatoms. The summed E-state index contributed by atoms with van der Waals surface area (Å²) in [5, 5.41) is 22.4. The molecule has 2 aromatic carbocycles. The minimum Gasteiger partial charge on any atom is -0.440 e. The molecule has 1 aromatic heterocycles. The van der Waals surface area contributed by atoms with Crippen LogP contribution in [0.15, 0.2) is 52.9 Å². The second-order valence-electron chi connectivity index (χ2n) is 11.2. The van der Waals surface area contributed by atoms with Crippen molar-refractivity contribution in [2.24, 2.45) is 5.92 Å². The average Bonchev–Trinajstić information content (AvgIpc) is 3.63. The van der Waals surface area contributed by atoms with Crippen LogP contribution in [0.2, 0.25) is 0 Å². The number of oxazole rings is 1. The number of hydrogen-bond donors (Lipinski definition) is 1. The van der Waals surface area contributed by atoms with Crippen LogP contribution in [0.4, 0.5) is 5.69 Å². The van der Waals surface area contributed by atoms with Crippen LogP contribution < -0.4 is 10.2 Å². The van der Waals surface area contributed by atoms with Crippen LogP contribution >= 0.6 is 0 Å². The number of carbonyl (C=O) groups is 1. The van der Waals surface area contributed by atoms with Gasteiger partial charge in [-0.25, -0.2) is 13.4 Å². The summed E-state index contributed by atoms with van der Waals surface area (Å²) in [7, 11) is -3.07. The predicted molar refractivity (Wildman–Crippen MR) is 153 cm³/mol. The standard InChI is InChI=1S/C31H31N5O4S/c32-19-21-7-1-2-8-22(21)30-34-27(25-11-5-6-12-26(25)36-15-17-41(38,39)18-16-36)28(40-30)23-9-3-4-10-24(23)29(37)35-31(20-33)13-14-31/h1-2,5-8,11-12,23-24H,3-4,9-10,13-18H2,(H,35,37)/t23-,24-/m1/s1. The third-order valence-corrected chi connectivity index (χ3v) is 10.2. The van der Waals surface area contributed by atoms with E-state index in [1.54, 1.807) is 18.2 Å². The van der Waals surface area contributed by atoms with Crippen molar-refractivity contribution >= 4 is 21.4 Å². The number of anilines is 1. The summed E-state index contributed by atoms with van der Waals surface area (Å²) >= 11 is 0. The lowest BCUT2D eigenvalue weighted by Gasteiger charge is -2.32. The minimum atomic E-state index is -3.07. The molecular weight excluding hydrogens is 538 g/mol. The maximum absolute atomic E-state index is 13.6. The highest BCUT2D eigenvalue weighted by molar-refractivity contribution is 7.91. The number of aromatic nitrogens is 1. The Bertz CT molecular complexity index is 1660. The molecule has 1 amide bonds. The fourth-order valence-electron chi connectivity index (χ4n) is 6.04. The highest BCUT2D eigenvalue weighted by Crippen LogP contribution is 2.46. The van der Waals surface area contributed by atoms with Gasteiger partial charge in [-0.15, -0.1) is 0 Å². The smallest absolute Gasteiger partial charge is 0.228 e.